The van der Waals surface area contributed by atoms with Crippen molar-refractivity contribution in [3.63, 3.8) is 0 Å². The Bertz CT molecular complexity index is 738. The summed E-state index contributed by atoms with van der Waals surface area (Å²) in [6.07, 6.45) is 4.90. The molecule has 0 aromatic heterocycles. The average molecular weight is 322 g/mol. The second-order valence-electron chi connectivity index (χ2n) is 5.29. The largest absolute Gasteiger partial charge is 0.252 e. The van der Waals surface area contributed by atoms with Crippen molar-refractivity contribution in [3.8, 4) is 0 Å². The number of hydrazone groups is 2. The summed E-state index contributed by atoms with van der Waals surface area (Å²) in [6, 6.07) is 18.2. The van der Waals surface area contributed by atoms with Crippen molar-refractivity contribution in [1.82, 2.24) is 10.9 Å². The molecule has 4 nitrogen and oxygen atoms in total. The Hall–Kier alpha value is -2.53. The predicted molar refractivity (Wildman–Crippen MR) is 98.8 cm³/mol. The van der Waals surface area contributed by atoms with Gasteiger partial charge in [-0.25, -0.2) is 0 Å². The lowest BCUT2D eigenvalue weighted by Gasteiger charge is -2.17. The van der Waals surface area contributed by atoms with Gasteiger partial charge in [0.25, 0.3) is 0 Å². The minimum absolute atomic E-state index is 0.382. The van der Waals surface area contributed by atoms with Gasteiger partial charge in [-0.3, -0.25) is 10.9 Å². The lowest BCUT2D eigenvalue weighted by Crippen LogP contribution is -2.29. The second-order valence-corrected chi connectivity index (χ2v) is 5.70. The van der Waals surface area contributed by atoms with Gasteiger partial charge in [0.2, 0.25) is 5.11 Å². The highest BCUT2D eigenvalue weighted by Crippen LogP contribution is 2.20. The maximum absolute atomic E-state index is 5.19. The molecule has 0 spiro atoms. The molecule has 0 saturated heterocycles. The van der Waals surface area contributed by atoms with Crippen LogP contribution in [0.2, 0.25) is 0 Å². The highest BCUT2D eigenvalue weighted by molar-refractivity contribution is 7.80. The summed E-state index contributed by atoms with van der Waals surface area (Å²) >= 11 is 5.19. The lowest BCUT2D eigenvalue weighted by molar-refractivity contribution is 0.824. The Labute approximate surface area is 141 Å². The van der Waals surface area contributed by atoms with Crippen LogP contribution < -0.4 is 10.9 Å². The number of aryl methyl sites for hydroxylation is 1. The third kappa shape index (κ3) is 4.23. The second kappa shape index (κ2) is 7.65. The first-order valence-electron chi connectivity index (χ1n) is 7.62. The molecular weight excluding hydrogens is 304 g/mol. The summed E-state index contributed by atoms with van der Waals surface area (Å²) in [5.41, 5.74) is 10.3. The summed E-state index contributed by atoms with van der Waals surface area (Å²) in [7, 11) is 0. The number of fused-ring (bicyclic) bond motifs is 1. The minimum atomic E-state index is 0.382. The summed E-state index contributed by atoms with van der Waals surface area (Å²) < 4.78 is 0. The van der Waals surface area contributed by atoms with Crippen molar-refractivity contribution in [2.75, 3.05) is 0 Å². The van der Waals surface area contributed by atoms with Gasteiger partial charge in [-0.05, 0) is 42.6 Å². The Balaban J connectivity index is 1.58. The predicted octanol–water partition coefficient (Wildman–Crippen LogP) is 3.23. The summed E-state index contributed by atoms with van der Waals surface area (Å²) in [5.74, 6) is 0. The van der Waals surface area contributed by atoms with E-state index in [-0.39, 0.29) is 0 Å². The van der Waals surface area contributed by atoms with Gasteiger partial charge >= 0.3 is 0 Å². The van der Waals surface area contributed by atoms with E-state index in [1.54, 1.807) is 6.21 Å². The molecule has 0 radical (unpaired) electrons. The van der Waals surface area contributed by atoms with Crippen LogP contribution in [-0.2, 0) is 6.42 Å². The van der Waals surface area contributed by atoms with Crippen LogP contribution in [0.3, 0.4) is 0 Å². The van der Waals surface area contributed by atoms with E-state index in [1.165, 1.54) is 11.1 Å². The topological polar surface area (TPSA) is 48.8 Å². The van der Waals surface area contributed by atoms with Crippen molar-refractivity contribution < 1.29 is 0 Å². The molecule has 23 heavy (non-hydrogen) atoms. The highest BCUT2D eigenvalue weighted by atomic mass is 32.1. The molecule has 3 rings (SSSR count). The van der Waals surface area contributed by atoms with E-state index in [0.29, 0.717) is 5.11 Å². The van der Waals surface area contributed by atoms with E-state index >= 15 is 0 Å². The maximum Gasteiger partial charge on any atom is 0.207 e. The number of nitrogens with zero attached hydrogens (tertiary/aromatic N) is 2. The zero-order chi connectivity index (χ0) is 15.9. The summed E-state index contributed by atoms with van der Waals surface area (Å²) in [6.45, 7) is 0. The molecule has 0 amide bonds. The monoisotopic (exact) mass is 322 g/mol. The standard InChI is InChI=1S/C18H18N4S/c23-18(21-19-13-14-7-2-1-3-8-14)22-20-17-12-6-10-15-9-4-5-11-16(15)17/h1-5,7-9,11,13H,6,10,12H2,(H2,21,22,23)/b19-13+,20-17+. The Morgan fingerprint density at radius 2 is 1.74 bits per heavy atom. The fourth-order valence-corrected chi connectivity index (χ4v) is 2.66. The van der Waals surface area contributed by atoms with Crippen LogP contribution in [0.5, 0.6) is 0 Å². The van der Waals surface area contributed by atoms with Gasteiger partial charge in [0.1, 0.15) is 0 Å². The fraction of sp³-hybridized carbons (Fsp3) is 0.167. The van der Waals surface area contributed by atoms with Crippen molar-refractivity contribution in [1.29, 1.82) is 0 Å². The van der Waals surface area contributed by atoms with Crippen LogP contribution in [0.1, 0.15) is 29.5 Å². The van der Waals surface area contributed by atoms with Crippen LogP contribution in [0.4, 0.5) is 0 Å². The maximum atomic E-state index is 5.19. The van der Waals surface area contributed by atoms with Gasteiger partial charge in [-0.1, -0.05) is 54.6 Å². The van der Waals surface area contributed by atoms with Gasteiger partial charge in [-0.15, -0.1) is 0 Å². The van der Waals surface area contributed by atoms with E-state index in [1.807, 2.05) is 36.4 Å². The summed E-state index contributed by atoms with van der Waals surface area (Å²) in [4.78, 5) is 0. The number of thiocarbonyl (C=S) groups is 1. The van der Waals surface area contributed by atoms with E-state index in [0.717, 1.165) is 30.5 Å². The molecule has 0 aliphatic heterocycles. The minimum Gasteiger partial charge on any atom is -0.252 e. The van der Waals surface area contributed by atoms with Crippen LogP contribution >= 0.6 is 12.2 Å². The molecule has 1 aliphatic carbocycles. The lowest BCUT2D eigenvalue weighted by atomic mass is 9.90. The van der Waals surface area contributed by atoms with Gasteiger partial charge in [0.05, 0.1) is 11.9 Å². The number of benzene rings is 2. The highest BCUT2D eigenvalue weighted by Gasteiger charge is 2.14. The zero-order valence-corrected chi connectivity index (χ0v) is 13.5. The Kier molecular flexibility index (Phi) is 5.11. The van der Waals surface area contributed by atoms with Gasteiger partial charge in [0, 0.05) is 5.56 Å². The van der Waals surface area contributed by atoms with E-state index in [9.17, 15) is 0 Å². The molecule has 116 valence electrons. The van der Waals surface area contributed by atoms with Crippen molar-refractivity contribution in [2.45, 2.75) is 19.3 Å². The van der Waals surface area contributed by atoms with Crippen molar-refractivity contribution >= 4 is 29.3 Å². The van der Waals surface area contributed by atoms with Crippen LogP contribution in [0.25, 0.3) is 0 Å². The number of hydrogen-bond acceptors (Lipinski definition) is 3. The van der Waals surface area contributed by atoms with E-state index < -0.39 is 0 Å². The first-order chi connectivity index (χ1) is 11.3. The van der Waals surface area contributed by atoms with Crippen LogP contribution in [0, 0.1) is 0 Å². The fourth-order valence-electron chi connectivity index (χ4n) is 2.56. The molecule has 2 aromatic rings. The molecular formula is C18H18N4S. The van der Waals surface area contributed by atoms with Crippen LogP contribution in [0.15, 0.2) is 64.8 Å². The number of rotatable bonds is 3. The zero-order valence-electron chi connectivity index (χ0n) is 12.7. The van der Waals surface area contributed by atoms with Gasteiger partial charge < -0.3 is 0 Å². The third-order valence-electron chi connectivity index (χ3n) is 3.66. The van der Waals surface area contributed by atoms with E-state index in [4.69, 9.17) is 12.2 Å². The smallest absolute Gasteiger partial charge is 0.207 e. The molecule has 2 N–H and O–H groups in total. The average Bonchev–Trinajstić information content (AvgIpc) is 2.61. The van der Waals surface area contributed by atoms with Crippen molar-refractivity contribution in [2.24, 2.45) is 10.2 Å². The number of nitrogens with one attached hydrogen (secondary N) is 2. The molecule has 0 bridgehead atoms. The Morgan fingerprint density at radius 3 is 2.61 bits per heavy atom. The molecule has 0 atom stereocenters. The first kappa shape index (κ1) is 15.4. The first-order valence-corrected chi connectivity index (χ1v) is 8.03. The molecule has 1 aliphatic rings. The normalized spacial score (nSPS) is 15.4. The van der Waals surface area contributed by atoms with Crippen molar-refractivity contribution in [3.05, 3.63) is 71.3 Å². The van der Waals surface area contributed by atoms with Gasteiger partial charge in [0.15, 0.2) is 0 Å². The third-order valence-corrected chi connectivity index (χ3v) is 3.84. The molecule has 2 aromatic carbocycles. The quantitative estimate of drug-likeness (QED) is 0.518. The molecule has 0 heterocycles. The molecule has 0 unspecified atom stereocenters. The molecule has 0 saturated carbocycles. The van der Waals surface area contributed by atoms with Gasteiger partial charge in [-0.2, -0.15) is 10.2 Å². The number of hydrogen-bond donors (Lipinski definition) is 2. The van der Waals surface area contributed by atoms with Crippen LogP contribution in [-0.4, -0.2) is 17.0 Å². The molecule has 0 fully saturated rings. The van der Waals surface area contributed by atoms with E-state index in [2.05, 4.69) is 39.3 Å². The summed E-state index contributed by atoms with van der Waals surface area (Å²) in [5, 5.41) is 8.92. The SMILES string of the molecule is S=C(N/N=C/c1ccccc1)N/N=C1\CCCc2ccccc21. The molecule has 5 heteroatoms. The Morgan fingerprint density at radius 1 is 0.957 bits per heavy atom.